The van der Waals surface area contributed by atoms with E-state index in [9.17, 15) is 19.8 Å². The summed E-state index contributed by atoms with van der Waals surface area (Å²) < 4.78 is 14.6. The minimum absolute atomic E-state index is 0.181. The van der Waals surface area contributed by atoms with Gasteiger partial charge in [-0.1, -0.05) is 0 Å². The molecule has 328 valence electrons. The molecule has 6 aromatic heterocycles. The molecule has 2 atom stereocenters. The summed E-state index contributed by atoms with van der Waals surface area (Å²) in [5.74, 6) is -0.0201. The largest absolute Gasteiger partial charge is 0.444 e. The van der Waals surface area contributed by atoms with E-state index in [1.165, 1.54) is 12.5 Å². The number of aliphatic hydroxyl groups is 2. The fourth-order valence-corrected chi connectivity index (χ4v) is 8.19. The molecule has 2 saturated heterocycles. The Balaban J connectivity index is 0.000000162. The Morgan fingerprint density at radius 1 is 0.719 bits per heavy atom. The predicted molar refractivity (Wildman–Crippen MR) is 241 cm³/mol. The van der Waals surface area contributed by atoms with Crippen LogP contribution in [-0.2, 0) is 14.1 Å². The lowest BCUT2D eigenvalue weighted by molar-refractivity contribution is 0.101. The number of anilines is 4. The minimum Gasteiger partial charge on any atom is -0.444 e. The van der Waals surface area contributed by atoms with E-state index in [0.717, 1.165) is 94.5 Å². The molecule has 4 N–H and O–H groups in total. The third-order valence-corrected chi connectivity index (χ3v) is 11.3. The van der Waals surface area contributed by atoms with Crippen LogP contribution in [0.5, 0.6) is 0 Å². The van der Waals surface area contributed by atoms with E-state index in [2.05, 4.69) is 50.6 Å². The van der Waals surface area contributed by atoms with Gasteiger partial charge in [0.15, 0.2) is 11.4 Å². The van der Waals surface area contributed by atoms with Gasteiger partial charge in [0.05, 0.1) is 52.2 Å². The van der Waals surface area contributed by atoms with Crippen LogP contribution in [0.15, 0.2) is 94.7 Å². The molecule has 8 heterocycles. The van der Waals surface area contributed by atoms with Gasteiger partial charge in [0, 0.05) is 92.2 Å². The number of oxazole rings is 2. The van der Waals surface area contributed by atoms with E-state index in [4.69, 9.17) is 8.83 Å². The average Bonchev–Trinajstić information content (AvgIpc) is 4.11. The number of nitrogens with zero attached hydrogens (tertiary/aromatic N) is 10. The first kappa shape index (κ1) is 41.9. The molecule has 2 aliphatic rings. The molecule has 2 amide bonds. The lowest BCUT2D eigenvalue weighted by Crippen LogP contribution is -2.38. The number of carbonyl (C=O) groups excluding carboxylic acids is 2. The topological polar surface area (TPSA) is 219 Å². The maximum Gasteiger partial charge on any atom is 0.277 e. The molecule has 8 aromatic rings. The maximum atomic E-state index is 13.0. The van der Waals surface area contributed by atoms with E-state index in [1.54, 1.807) is 40.1 Å². The standard InChI is InChI=1S/2C23H24N6O3/c1-14-8-15(5-6-24-14)23-27-19(13-32-23)22(31)26-18-10-20-16(11-25-28(20)2)9-21(18)29-7-3-4-17(30)12-29;1-14-8-15(5-6-24-14)23-26-20(13-32-23)22(31)25-19-10-18-16(11-28(2)27-18)9-21(19)29-7-3-4-17(30)12-29/h5-6,8-11,13,17,30H,3-4,7,12H2,1-2H3,(H,26,31);5-6,8-11,13,17,30H,3-4,7,12H2,1-2H3,(H,25,31). The molecule has 0 saturated carbocycles. The van der Waals surface area contributed by atoms with E-state index in [0.29, 0.717) is 36.2 Å². The highest BCUT2D eigenvalue weighted by Gasteiger charge is 2.25. The molecule has 18 nitrogen and oxygen atoms in total. The van der Waals surface area contributed by atoms with E-state index in [-0.39, 0.29) is 35.4 Å². The van der Waals surface area contributed by atoms with Gasteiger partial charge in [0.25, 0.3) is 11.8 Å². The molecule has 2 aliphatic heterocycles. The van der Waals surface area contributed by atoms with Crippen molar-refractivity contribution in [1.29, 1.82) is 0 Å². The van der Waals surface area contributed by atoms with Crippen molar-refractivity contribution in [2.75, 3.05) is 46.6 Å². The van der Waals surface area contributed by atoms with E-state index < -0.39 is 0 Å². The molecule has 64 heavy (non-hydrogen) atoms. The fraction of sp³-hybridized carbons (Fsp3) is 0.304. The Hall–Kier alpha value is -7.44. The Morgan fingerprint density at radius 3 is 1.78 bits per heavy atom. The molecule has 0 radical (unpaired) electrons. The fourth-order valence-electron chi connectivity index (χ4n) is 8.19. The molecular weight excluding hydrogens is 817 g/mol. The molecule has 0 aliphatic carbocycles. The highest BCUT2D eigenvalue weighted by molar-refractivity contribution is 6.07. The van der Waals surface area contributed by atoms with Gasteiger partial charge in [-0.05, 0) is 88.1 Å². The Kier molecular flexibility index (Phi) is 11.6. The number of hydrogen-bond acceptors (Lipinski definition) is 14. The van der Waals surface area contributed by atoms with Crippen molar-refractivity contribution in [2.24, 2.45) is 14.1 Å². The number of hydrogen-bond donors (Lipinski definition) is 4. The number of pyridine rings is 2. The maximum absolute atomic E-state index is 13.0. The second kappa shape index (κ2) is 17.7. The lowest BCUT2D eigenvalue weighted by Gasteiger charge is -2.33. The highest BCUT2D eigenvalue weighted by atomic mass is 16.3. The van der Waals surface area contributed by atoms with Crippen molar-refractivity contribution >= 4 is 56.4 Å². The summed E-state index contributed by atoms with van der Waals surface area (Å²) in [6.07, 6.45) is 12.3. The van der Waals surface area contributed by atoms with Crippen LogP contribution in [-0.4, -0.2) is 99.9 Å². The number of aryl methyl sites for hydroxylation is 4. The van der Waals surface area contributed by atoms with Crippen LogP contribution >= 0.6 is 0 Å². The van der Waals surface area contributed by atoms with Gasteiger partial charge in [0.2, 0.25) is 11.8 Å². The summed E-state index contributed by atoms with van der Waals surface area (Å²) in [4.78, 5) is 47.3. The SMILES string of the molecule is Cc1cc(-c2nc(C(=O)Nc3cc4c(cnn4C)cc3N3CCCC(O)C3)co2)ccn1.Cc1cc(-c2nc(C(=O)Nc3cc4nn(C)cc4cc3N3CCCC(O)C3)co2)ccn1. The van der Waals surface area contributed by atoms with E-state index >= 15 is 0 Å². The van der Waals surface area contributed by atoms with Gasteiger partial charge in [-0.25, -0.2) is 9.97 Å². The molecule has 0 bridgehead atoms. The van der Waals surface area contributed by atoms with Gasteiger partial charge in [-0.15, -0.1) is 0 Å². The Labute approximate surface area is 367 Å². The third kappa shape index (κ3) is 9.04. The number of nitrogens with one attached hydrogen (secondary N) is 2. The number of fused-ring (bicyclic) bond motifs is 2. The van der Waals surface area contributed by atoms with Crippen LogP contribution < -0.4 is 20.4 Å². The predicted octanol–water partition coefficient (Wildman–Crippen LogP) is 6.29. The first-order chi connectivity index (χ1) is 30.9. The minimum atomic E-state index is -0.390. The van der Waals surface area contributed by atoms with E-state index in [1.807, 2.05) is 70.5 Å². The van der Waals surface area contributed by atoms with Crippen LogP contribution in [0.4, 0.5) is 22.7 Å². The second-order valence-corrected chi connectivity index (χ2v) is 16.3. The molecule has 18 heteroatoms. The number of aliphatic hydroxyl groups excluding tert-OH is 2. The number of piperidine rings is 2. The molecule has 2 aromatic carbocycles. The van der Waals surface area contributed by atoms with Crippen LogP contribution in [0, 0.1) is 13.8 Å². The van der Waals surface area contributed by atoms with Gasteiger partial charge in [-0.2, -0.15) is 10.2 Å². The van der Waals surface area contributed by atoms with Gasteiger partial charge in [-0.3, -0.25) is 28.9 Å². The van der Waals surface area contributed by atoms with Crippen molar-refractivity contribution in [1.82, 2.24) is 39.5 Å². The molecular formula is C46H48N12O6. The van der Waals surface area contributed by atoms with Gasteiger partial charge in [0.1, 0.15) is 12.5 Å². The number of rotatable bonds is 8. The highest BCUT2D eigenvalue weighted by Crippen LogP contribution is 2.35. The number of carbonyl (C=O) groups is 2. The summed E-state index contributed by atoms with van der Waals surface area (Å²) in [5, 5.41) is 37.0. The van der Waals surface area contributed by atoms with Crippen LogP contribution in [0.3, 0.4) is 0 Å². The van der Waals surface area contributed by atoms with Crippen molar-refractivity contribution in [2.45, 2.75) is 51.7 Å². The summed E-state index contributed by atoms with van der Waals surface area (Å²) in [7, 11) is 3.72. The van der Waals surface area contributed by atoms with Crippen LogP contribution in [0.2, 0.25) is 0 Å². The Bertz CT molecular complexity index is 2960. The monoisotopic (exact) mass is 864 g/mol. The summed E-state index contributed by atoms with van der Waals surface area (Å²) >= 11 is 0. The lowest BCUT2D eigenvalue weighted by atomic mass is 10.1. The number of benzene rings is 2. The summed E-state index contributed by atoms with van der Waals surface area (Å²) in [5.41, 5.74) is 8.20. The van der Waals surface area contributed by atoms with Crippen molar-refractivity contribution in [3.8, 4) is 22.9 Å². The zero-order valence-electron chi connectivity index (χ0n) is 35.9. The van der Waals surface area contributed by atoms with Crippen LogP contribution in [0.1, 0.15) is 58.0 Å². The van der Waals surface area contributed by atoms with Crippen molar-refractivity contribution < 1.29 is 28.6 Å². The third-order valence-electron chi connectivity index (χ3n) is 11.3. The molecule has 10 rings (SSSR count). The average molecular weight is 865 g/mol. The van der Waals surface area contributed by atoms with Crippen LogP contribution in [0.25, 0.3) is 44.7 Å². The second-order valence-electron chi connectivity index (χ2n) is 16.3. The van der Waals surface area contributed by atoms with Crippen molar-refractivity contribution in [3.05, 3.63) is 109 Å². The number of aromatic nitrogens is 8. The number of β-amino-alcohol motifs (C(OH)–C–C–N with tert-alkyl or cyclic N) is 2. The zero-order valence-corrected chi connectivity index (χ0v) is 35.9. The quantitative estimate of drug-likeness (QED) is 0.132. The van der Waals surface area contributed by atoms with Crippen molar-refractivity contribution in [3.63, 3.8) is 0 Å². The smallest absolute Gasteiger partial charge is 0.277 e. The Morgan fingerprint density at radius 2 is 1.25 bits per heavy atom. The first-order valence-electron chi connectivity index (χ1n) is 21.1. The first-order valence-corrected chi connectivity index (χ1v) is 21.1. The molecule has 2 fully saturated rings. The molecule has 2 unspecified atom stereocenters. The summed E-state index contributed by atoms with van der Waals surface area (Å²) in [6, 6.07) is 15.0. The van der Waals surface area contributed by atoms with Gasteiger partial charge >= 0.3 is 0 Å². The zero-order chi connectivity index (χ0) is 44.5. The summed E-state index contributed by atoms with van der Waals surface area (Å²) in [6.45, 7) is 6.41. The number of amides is 2. The normalized spacial score (nSPS) is 16.5. The molecule has 0 spiro atoms. The van der Waals surface area contributed by atoms with Gasteiger partial charge < -0.3 is 39.5 Å².